The third kappa shape index (κ3) is 3.84. The van der Waals surface area contributed by atoms with Crippen LogP contribution in [0.1, 0.15) is 19.4 Å². The number of benzene rings is 2. The third-order valence-electron chi connectivity index (χ3n) is 3.97. The molecule has 0 atom stereocenters. The van der Waals surface area contributed by atoms with Crippen LogP contribution in [0.15, 0.2) is 58.2 Å². The Morgan fingerprint density at radius 2 is 1.80 bits per heavy atom. The van der Waals surface area contributed by atoms with Gasteiger partial charge in [-0.05, 0) is 44.0 Å². The lowest BCUT2D eigenvalue weighted by Crippen LogP contribution is -2.44. The molecule has 1 heterocycles. The number of hydrogen-bond acceptors (Lipinski definition) is 4. The van der Waals surface area contributed by atoms with Crippen molar-refractivity contribution in [1.82, 2.24) is 9.29 Å². The Balaban J connectivity index is 1.89. The first kappa shape index (κ1) is 17.8. The normalized spacial score (nSPS) is 12.6. The van der Waals surface area contributed by atoms with E-state index in [-0.39, 0.29) is 9.77 Å². The Bertz CT molecular complexity index is 1060. The van der Waals surface area contributed by atoms with Crippen LogP contribution in [0.2, 0.25) is 0 Å². The van der Waals surface area contributed by atoms with Crippen molar-refractivity contribution >= 4 is 31.6 Å². The molecule has 1 aromatic heterocycles. The standard InChI is InChI=1S/C18H20N2O3S2/c1-18(2,12-13-7-5-4-6-8-13)19-25(22,23)14-9-10-15-16(11-14)24-17(21)20(15)3/h4-11,19H,12H2,1-3H3. The predicted molar refractivity (Wildman–Crippen MR) is 102 cm³/mol. The molecule has 0 saturated carbocycles. The zero-order valence-corrected chi connectivity index (χ0v) is 15.9. The lowest BCUT2D eigenvalue weighted by molar-refractivity contribution is 0.450. The summed E-state index contributed by atoms with van der Waals surface area (Å²) in [6.07, 6.45) is 0.577. The maximum Gasteiger partial charge on any atom is 0.307 e. The average Bonchev–Trinajstić information content (AvgIpc) is 2.81. The van der Waals surface area contributed by atoms with Gasteiger partial charge in [0, 0.05) is 12.6 Å². The molecule has 3 aromatic rings. The molecule has 0 unspecified atom stereocenters. The zero-order chi connectivity index (χ0) is 18.2. The van der Waals surface area contributed by atoms with Crippen LogP contribution in [0.5, 0.6) is 0 Å². The van der Waals surface area contributed by atoms with Gasteiger partial charge in [-0.3, -0.25) is 4.79 Å². The van der Waals surface area contributed by atoms with Crippen LogP contribution in [-0.2, 0) is 23.5 Å². The Labute approximate surface area is 151 Å². The van der Waals surface area contributed by atoms with E-state index in [9.17, 15) is 13.2 Å². The van der Waals surface area contributed by atoms with Gasteiger partial charge in [-0.25, -0.2) is 13.1 Å². The maximum absolute atomic E-state index is 12.8. The van der Waals surface area contributed by atoms with E-state index >= 15 is 0 Å². The van der Waals surface area contributed by atoms with Crippen molar-refractivity contribution in [2.75, 3.05) is 0 Å². The van der Waals surface area contributed by atoms with Crippen molar-refractivity contribution in [2.24, 2.45) is 7.05 Å². The molecule has 0 aliphatic rings. The molecule has 7 heteroatoms. The number of nitrogens with one attached hydrogen (secondary N) is 1. The molecule has 0 aliphatic carbocycles. The first-order valence-corrected chi connectivity index (χ1v) is 10.2. The second-order valence-electron chi connectivity index (χ2n) is 6.71. The monoisotopic (exact) mass is 376 g/mol. The molecule has 0 radical (unpaired) electrons. The highest BCUT2D eigenvalue weighted by Gasteiger charge is 2.27. The van der Waals surface area contributed by atoms with Crippen LogP contribution in [0.4, 0.5) is 0 Å². The van der Waals surface area contributed by atoms with Crippen LogP contribution in [0.25, 0.3) is 10.2 Å². The average molecular weight is 377 g/mol. The number of sulfonamides is 1. The summed E-state index contributed by atoms with van der Waals surface area (Å²) in [5.74, 6) is 0. The van der Waals surface area contributed by atoms with Gasteiger partial charge in [0.2, 0.25) is 10.0 Å². The van der Waals surface area contributed by atoms with Crippen LogP contribution in [0, 0.1) is 0 Å². The molecule has 0 aliphatic heterocycles. The molecule has 5 nitrogen and oxygen atoms in total. The van der Waals surface area contributed by atoms with Crippen LogP contribution >= 0.6 is 11.3 Å². The van der Waals surface area contributed by atoms with Crippen LogP contribution in [-0.4, -0.2) is 18.5 Å². The molecule has 132 valence electrons. The lowest BCUT2D eigenvalue weighted by Gasteiger charge is -2.26. The highest BCUT2D eigenvalue weighted by molar-refractivity contribution is 7.89. The van der Waals surface area contributed by atoms with Gasteiger partial charge in [-0.2, -0.15) is 0 Å². The van der Waals surface area contributed by atoms with Gasteiger partial charge >= 0.3 is 4.87 Å². The van der Waals surface area contributed by atoms with E-state index in [0.717, 1.165) is 22.4 Å². The Hall–Kier alpha value is -1.96. The second kappa shape index (κ2) is 6.40. The summed E-state index contributed by atoms with van der Waals surface area (Å²) in [5, 5.41) is 0. The summed E-state index contributed by atoms with van der Waals surface area (Å²) < 4.78 is 30.5. The number of hydrogen-bond donors (Lipinski definition) is 1. The molecular formula is C18H20N2O3S2. The molecule has 0 saturated heterocycles. The molecule has 0 amide bonds. The molecular weight excluding hydrogens is 356 g/mol. The van der Waals surface area contributed by atoms with E-state index < -0.39 is 15.6 Å². The first-order chi connectivity index (χ1) is 11.7. The number of fused-ring (bicyclic) bond motifs is 1. The summed E-state index contributed by atoms with van der Waals surface area (Å²) in [7, 11) is -2.01. The largest absolute Gasteiger partial charge is 0.307 e. The van der Waals surface area contributed by atoms with E-state index in [1.165, 1.54) is 10.6 Å². The maximum atomic E-state index is 12.8. The van der Waals surface area contributed by atoms with Crippen molar-refractivity contribution in [3.8, 4) is 0 Å². The lowest BCUT2D eigenvalue weighted by atomic mass is 9.96. The van der Waals surface area contributed by atoms with Gasteiger partial charge in [0.15, 0.2) is 0 Å². The molecule has 0 fully saturated rings. The van der Waals surface area contributed by atoms with Gasteiger partial charge in [-0.15, -0.1) is 0 Å². The van der Waals surface area contributed by atoms with Crippen molar-refractivity contribution in [2.45, 2.75) is 30.7 Å². The molecule has 0 spiro atoms. The Morgan fingerprint density at radius 1 is 1.12 bits per heavy atom. The number of rotatable bonds is 5. The fourth-order valence-electron chi connectivity index (χ4n) is 2.85. The summed E-state index contributed by atoms with van der Waals surface area (Å²) in [6, 6.07) is 14.5. The fourth-order valence-corrected chi connectivity index (χ4v) is 5.28. The number of aromatic nitrogens is 1. The van der Waals surface area contributed by atoms with Gasteiger partial charge in [0.25, 0.3) is 0 Å². The van der Waals surface area contributed by atoms with E-state index in [0.29, 0.717) is 11.1 Å². The minimum absolute atomic E-state index is 0.109. The highest BCUT2D eigenvalue weighted by Crippen LogP contribution is 2.23. The van der Waals surface area contributed by atoms with E-state index in [4.69, 9.17) is 0 Å². The van der Waals surface area contributed by atoms with Crippen LogP contribution < -0.4 is 9.60 Å². The quantitative estimate of drug-likeness (QED) is 0.744. The van der Waals surface area contributed by atoms with E-state index in [1.807, 2.05) is 44.2 Å². The van der Waals surface area contributed by atoms with Crippen molar-refractivity contribution < 1.29 is 8.42 Å². The van der Waals surface area contributed by atoms with Gasteiger partial charge in [-0.1, -0.05) is 41.7 Å². The van der Waals surface area contributed by atoms with Gasteiger partial charge in [0.05, 0.1) is 15.1 Å². The Kier molecular flexibility index (Phi) is 4.57. The summed E-state index contributed by atoms with van der Waals surface area (Å²) in [6.45, 7) is 3.72. The number of aryl methyl sites for hydroxylation is 1. The number of nitrogens with zero attached hydrogens (tertiary/aromatic N) is 1. The molecule has 0 bridgehead atoms. The summed E-state index contributed by atoms with van der Waals surface area (Å²) in [5.41, 5.74) is 1.16. The summed E-state index contributed by atoms with van der Waals surface area (Å²) in [4.78, 5) is 11.8. The SMILES string of the molecule is Cn1c(=O)sc2cc(S(=O)(=O)NC(C)(C)Cc3ccccc3)ccc21. The summed E-state index contributed by atoms with van der Waals surface area (Å²) >= 11 is 1.04. The first-order valence-electron chi connectivity index (χ1n) is 7.85. The zero-order valence-electron chi connectivity index (χ0n) is 14.3. The Morgan fingerprint density at radius 3 is 2.48 bits per heavy atom. The van der Waals surface area contributed by atoms with Crippen LogP contribution in [0.3, 0.4) is 0 Å². The number of thiazole rings is 1. The minimum Gasteiger partial charge on any atom is -0.302 e. The van der Waals surface area contributed by atoms with Gasteiger partial charge in [0.1, 0.15) is 0 Å². The predicted octanol–water partition coefficient (Wildman–Crippen LogP) is 2.90. The van der Waals surface area contributed by atoms with E-state index in [2.05, 4.69) is 4.72 Å². The smallest absolute Gasteiger partial charge is 0.302 e. The fraction of sp³-hybridized carbons (Fsp3) is 0.278. The highest BCUT2D eigenvalue weighted by atomic mass is 32.2. The van der Waals surface area contributed by atoms with Crippen molar-refractivity contribution in [1.29, 1.82) is 0 Å². The third-order valence-corrected chi connectivity index (χ3v) is 6.66. The topological polar surface area (TPSA) is 68.2 Å². The molecule has 3 rings (SSSR count). The van der Waals surface area contributed by atoms with Gasteiger partial charge < -0.3 is 4.57 Å². The second-order valence-corrected chi connectivity index (χ2v) is 9.38. The van der Waals surface area contributed by atoms with Crippen molar-refractivity contribution in [3.05, 3.63) is 63.8 Å². The molecule has 25 heavy (non-hydrogen) atoms. The van der Waals surface area contributed by atoms with E-state index in [1.54, 1.807) is 19.2 Å². The molecule has 1 N–H and O–H groups in total. The molecule has 2 aromatic carbocycles. The van der Waals surface area contributed by atoms with Crippen molar-refractivity contribution in [3.63, 3.8) is 0 Å². The minimum atomic E-state index is -3.69.